The van der Waals surface area contributed by atoms with E-state index < -0.39 is 11.7 Å². The Kier molecular flexibility index (Phi) is 8.42. The summed E-state index contributed by atoms with van der Waals surface area (Å²) in [6, 6.07) is 7.41. The van der Waals surface area contributed by atoms with Gasteiger partial charge < -0.3 is 25.1 Å². The van der Waals surface area contributed by atoms with Gasteiger partial charge in [-0.15, -0.1) is 0 Å². The lowest BCUT2D eigenvalue weighted by atomic mass is 10.00. The molecule has 0 radical (unpaired) electrons. The fourth-order valence-corrected chi connectivity index (χ4v) is 4.96. The number of nitrogens with zero attached hydrogens (tertiary/aromatic N) is 5. The SMILES string of the molecule is CCc1cc(-c2cnc(NCCNC(=O)OC(C)(C)C)c3nn(Cc4nc5nc(Cl)ccc5[nH]4)cc23)c(Cl)cc1OC. The van der Waals surface area contributed by atoms with Gasteiger partial charge in [-0.1, -0.05) is 30.1 Å². The number of carbonyl (C=O) groups is 1. The number of aromatic amines is 1. The second kappa shape index (κ2) is 12.0. The number of rotatable bonds is 9. The van der Waals surface area contributed by atoms with Gasteiger partial charge in [-0.05, 0) is 57.0 Å². The van der Waals surface area contributed by atoms with E-state index in [2.05, 4.69) is 32.5 Å². The normalized spacial score (nSPS) is 11.7. The number of imidazole rings is 1. The second-order valence-electron chi connectivity index (χ2n) is 10.7. The summed E-state index contributed by atoms with van der Waals surface area (Å²) in [6.07, 6.45) is 4.01. The molecule has 5 rings (SSSR count). The molecule has 220 valence electrons. The molecule has 3 N–H and O–H groups in total. The minimum Gasteiger partial charge on any atom is -0.496 e. The molecule has 0 saturated heterocycles. The molecule has 42 heavy (non-hydrogen) atoms. The minimum atomic E-state index is -0.573. The van der Waals surface area contributed by atoms with Gasteiger partial charge in [-0.2, -0.15) is 5.10 Å². The predicted molar refractivity (Wildman–Crippen MR) is 165 cm³/mol. The topological polar surface area (TPSA) is 132 Å². The molecule has 0 aliphatic heterocycles. The number of ether oxygens (including phenoxy) is 2. The number of halogens is 2. The predicted octanol–water partition coefficient (Wildman–Crippen LogP) is 6.23. The zero-order chi connectivity index (χ0) is 30.0. The average Bonchev–Trinajstić information content (AvgIpc) is 3.53. The molecule has 5 aromatic rings. The molecule has 0 bridgehead atoms. The Morgan fingerprint density at radius 2 is 1.93 bits per heavy atom. The van der Waals surface area contributed by atoms with Crippen LogP contribution in [-0.4, -0.2) is 61.6 Å². The number of benzene rings is 1. The third-order valence-electron chi connectivity index (χ3n) is 6.40. The number of pyridine rings is 2. The summed E-state index contributed by atoms with van der Waals surface area (Å²) in [4.78, 5) is 28.8. The highest BCUT2D eigenvalue weighted by Crippen LogP contribution is 2.38. The lowest BCUT2D eigenvalue weighted by Crippen LogP contribution is -2.35. The molecule has 0 spiro atoms. The van der Waals surface area contributed by atoms with E-state index in [1.807, 2.05) is 45.2 Å². The quantitative estimate of drug-likeness (QED) is 0.132. The number of H-pyrrole nitrogens is 1. The van der Waals surface area contributed by atoms with Crippen LogP contribution >= 0.6 is 23.2 Å². The van der Waals surface area contributed by atoms with Crippen molar-refractivity contribution < 1.29 is 14.3 Å². The molecule has 4 heterocycles. The van der Waals surface area contributed by atoms with Gasteiger partial charge in [0.1, 0.15) is 27.8 Å². The average molecular weight is 612 g/mol. The Balaban J connectivity index is 1.48. The summed E-state index contributed by atoms with van der Waals surface area (Å²) in [7, 11) is 1.63. The van der Waals surface area contributed by atoms with Crippen molar-refractivity contribution in [1.82, 2.24) is 35.0 Å². The van der Waals surface area contributed by atoms with Gasteiger partial charge in [0.05, 0.1) is 24.2 Å². The number of alkyl carbamates (subject to hydrolysis) is 1. The fourth-order valence-electron chi connectivity index (χ4n) is 4.56. The Hall–Kier alpha value is -4.09. The van der Waals surface area contributed by atoms with Crippen molar-refractivity contribution in [2.24, 2.45) is 0 Å². The Bertz CT molecular complexity index is 1760. The van der Waals surface area contributed by atoms with E-state index in [-0.39, 0.29) is 0 Å². The van der Waals surface area contributed by atoms with E-state index in [9.17, 15) is 4.79 Å². The number of amides is 1. The maximum atomic E-state index is 12.0. The maximum Gasteiger partial charge on any atom is 0.407 e. The lowest BCUT2D eigenvalue weighted by molar-refractivity contribution is 0.0530. The Morgan fingerprint density at radius 3 is 2.67 bits per heavy atom. The summed E-state index contributed by atoms with van der Waals surface area (Å²) in [5.41, 5.74) is 4.07. The molecule has 11 nitrogen and oxygen atoms in total. The molecule has 13 heteroatoms. The van der Waals surface area contributed by atoms with Crippen molar-refractivity contribution in [1.29, 1.82) is 0 Å². The number of anilines is 1. The number of fused-ring (bicyclic) bond motifs is 2. The first-order valence-electron chi connectivity index (χ1n) is 13.5. The van der Waals surface area contributed by atoms with Crippen LogP contribution in [0.5, 0.6) is 5.75 Å². The zero-order valence-corrected chi connectivity index (χ0v) is 25.5. The van der Waals surface area contributed by atoms with Gasteiger partial charge in [0.15, 0.2) is 11.5 Å². The molecule has 0 fully saturated rings. The molecule has 1 aromatic carbocycles. The van der Waals surface area contributed by atoms with Crippen molar-refractivity contribution >= 4 is 57.2 Å². The number of hydrogen-bond acceptors (Lipinski definition) is 8. The van der Waals surface area contributed by atoms with E-state index >= 15 is 0 Å². The highest BCUT2D eigenvalue weighted by atomic mass is 35.5. The molecule has 0 aliphatic rings. The molecule has 4 aromatic heterocycles. The number of methoxy groups -OCH3 is 1. The van der Waals surface area contributed by atoms with Crippen LogP contribution in [0.2, 0.25) is 10.2 Å². The summed E-state index contributed by atoms with van der Waals surface area (Å²) in [5, 5.41) is 12.7. The molecular formula is C29H32Cl2N8O3. The zero-order valence-electron chi connectivity index (χ0n) is 24.0. The Labute approximate surface area is 252 Å². The second-order valence-corrected chi connectivity index (χ2v) is 11.4. The van der Waals surface area contributed by atoms with Crippen molar-refractivity contribution in [2.75, 3.05) is 25.5 Å². The van der Waals surface area contributed by atoms with E-state index in [1.54, 1.807) is 24.1 Å². The van der Waals surface area contributed by atoms with E-state index in [4.69, 9.17) is 42.8 Å². The van der Waals surface area contributed by atoms with Gasteiger partial charge in [0.25, 0.3) is 0 Å². The first-order chi connectivity index (χ1) is 20.0. The standard InChI is InChI=1S/C29H32Cl2N8O3/c1-6-16-11-17(20(30)12-22(16)41-5)18-13-34-27(32-9-10-33-28(40)42-29(2,3)4)25-19(18)14-39(38-25)15-24-35-21-7-8-23(31)36-26(21)37-24/h7-8,11-14H,6,9-10,15H2,1-5H3,(H,32,34)(H,33,40)(H,35,36,37). The van der Waals surface area contributed by atoms with Crippen molar-refractivity contribution in [3.8, 4) is 16.9 Å². The number of nitrogens with one attached hydrogen (secondary N) is 3. The van der Waals surface area contributed by atoms with Crippen LogP contribution in [0, 0.1) is 0 Å². The van der Waals surface area contributed by atoms with Gasteiger partial charge >= 0.3 is 6.09 Å². The highest BCUT2D eigenvalue weighted by molar-refractivity contribution is 6.34. The first-order valence-corrected chi connectivity index (χ1v) is 14.2. The van der Waals surface area contributed by atoms with Gasteiger partial charge in [-0.25, -0.2) is 19.7 Å². The number of aryl methyl sites for hydroxylation is 1. The molecule has 0 aliphatic carbocycles. The Morgan fingerprint density at radius 1 is 1.12 bits per heavy atom. The maximum absolute atomic E-state index is 12.0. The smallest absolute Gasteiger partial charge is 0.407 e. The number of carbonyl (C=O) groups excluding carboxylic acids is 1. The summed E-state index contributed by atoms with van der Waals surface area (Å²) < 4.78 is 12.6. The van der Waals surface area contributed by atoms with Crippen molar-refractivity contribution in [3.05, 3.63) is 58.2 Å². The van der Waals surface area contributed by atoms with Crippen molar-refractivity contribution in [2.45, 2.75) is 46.3 Å². The highest BCUT2D eigenvalue weighted by Gasteiger charge is 2.19. The molecular weight excluding hydrogens is 579 g/mol. The van der Waals surface area contributed by atoms with E-state index in [0.717, 1.165) is 39.8 Å². The minimum absolute atomic E-state index is 0.333. The number of hydrogen-bond donors (Lipinski definition) is 3. The van der Waals surface area contributed by atoms with Crippen LogP contribution in [0.15, 0.2) is 36.7 Å². The van der Waals surface area contributed by atoms with E-state index in [0.29, 0.717) is 52.6 Å². The first kappa shape index (κ1) is 29.4. The van der Waals surface area contributed by atoms with Gasteiger partial charge in [0.2, 0.25) is 0 Å². The summed E-state index contributed by atoms with van der Waals surface area (Å²) in [5.74, 6) is 1.98. The third-order valence-corrected chi connectivity index (χ3v) is 6.92. The molecule has 1 amide bonds. The summed E-state index contributed by atoms with van der Waals surface area (Å²) >= 11 is 12.8. The van der Waals surface area contributed by atoms with Gasteiger partial charge in [-0.3, -0.25) is 4.68 Å². The molecule has 0 atom stereocenters. The van der Waals surface area contributed by atoms with Crippen LogP contribution in [-0.2, 0) is 17.7 Å². The lowest BCUT2D eigenvalue weighted by Gasteiger charge is -2.19. The number of aromatic nitrogens is 6. The van der Waals surface area contributed by atoms with Crippen LogP contribution in [0.4, 0.5) is 10.6 Å². The van der Waals surface area contributed by atoms with Crippen molar-refractivity contribution in [3.63, 3.8) is 0 Å². The third kappa shape index (κ3) is 6.52. The summed E-state index contributed by atoms with van der Waals surface area (Å²) in [6.45, 7) is 8.62. The van der Waals surface area contributed by atoms with Crippen LogP contribution in [0.25, 0.3) is 33.2 Å². The molecule has 0 saturated carbocycles. The largest absolute Gasteiger partial charge is 0.496 e. The van der Waals surface area contributed by atoms with Crippen LogP contribution in [0.3, 0.4) is 0 Å². The monoisotopic (exact) mass is 610 g/mol. The van der Waals surface area contributed by atoms with Gasteiger partial charge in [0, 0.05) is 42.0 Å². The fraction of sp³-hybridized carbons (Fsp3) is 0.345. The molecule has 0 unspecified atom stereocenters. The van der Waals surface area contributed by atoms with Crippen LogP contribution < -0.4 is 15.4 Å². The van der Waals surface area contributed by atoms with E-state index in [1.165, 1.54) is 0 Å². The van der Waals surface area contributed by atoms with Crippen LogP contribution in [0.1, 0.15) is 39.1 Å².